The minimum Gasteiger partial charge on any atom is -0.370 e. The van der Waals surface area contributed by atoms with Gasteiger partial charge in [0.2, 0.25) is 0 Å². The molecule has 0 spiro atoms. The molecule has 0 aliphatic heterocycles. The molecule has 1 heterocycles. The zero-order chi connectivity index (χ0) is 10.2. The molecule has 0 atom stereocenters. The number of nitrogens with two attached hydrogens (primary N) is 1. The van der Waals surface area contributed by atoms with Crippen molar-refractivity contribution in [2.24, 2.45) is 5.73 Å². The highest BCUT2D eigenvalue weighted by molar-refractivity contribution is 9.10. The van der Waals surface area contributed by atoms with Crippen LogP contribution in [0.4, 0.5) is 5.82 Å². The molecule has 78 valence electrons. The molecule has 1 aromatic rings. The van der Waals surface area contributed by atoms with Crippen molar-refractivity contribution in [1.29, 1.82) is 0 Å². The van der Waals surface area contributed by atoms with E-state index in [4.69, 9.17) is 5.73 Å². The van der Waals surface area contributed by atoms with E-state index in [0.29, 0.717) is 0 Å². The van der Waals surface area contributed by atoms with Gasteiger partial charge in [0.05, 0.1) is 0 Å². The summed E-state index contributed by atoms with van der Waals surface area (Å²) in [6.07, 6.45) is 5.23. The average molecular weight is 258 g/mol. The van der Waals surface area contributed by atoms with E-state index >= 15 is 0 Å². The molecule has 0 aliphatic carbocycles. The van der Waals surface area contributed by atoms with Gasteiger partial charge in [-0.25, -0.2) is 4.98 Å². The van der Waals surface area contributed by atoms with E-state index in [2.05, 4.69) is 26.2 Å². The fraction of sp³-hybridized carbons (Fsp3) is 0.500. The highest BCUT2D eigenvalue weighted by atomic mass is 79.9. The van der Waals surface area contributed by atoms with Crippen LogP contribution in [0.5, 0.6) is 0 Å². The van der Waals surface area contributed by atoms with Gasteiger partial charge in [0.1, 0.15) is 5.82 Å². The summed E-state index contributed by atoms with van der Waals surface area (Å²) in [5.41, 5.74) is 5.40. The summed E-state index contributed by atoms with van der Waals surface area (Å²) in [6.45, 7) is 1.76. The number of hydrogen-bond acceptors (Lipinski definition) is 3. The van der Waals surface area contributed by atoms with Crippen molar-refractivity contribution in [3.8, 4) is 0 Å². The maximum absolute atomic E-state index is 5.40. The van der Waals surface area contributed by atoms with E-state index in [9.17, 15) is 0 Å². The van der Waals surface area contributed by atoms with E-state index in [0.717, 1.165) is 36.2 Å². The van der Waals surface area contributed by atoms with Gasteiger partial charge in [0.25, 0.3) is 0 Å². The van der Waals surface area contributed by atoms with Crippen LogP contribution in [-0.2, 0) is 0 Å². The molecule has 1 aromatic heterocycles. The molecule has 3 nitrogen and oxygen atoms in total. The Bertz CT molecular complexity index is 248. The maximum Gasteiger partial charge on any atom is 0.125 e. The lowest BCUT2D eigenvalue weighted by atomic mass is 10.2. The molecule has 0 saturated heterocycles. The van der Waals surface area contributed by atoms with Crippen molar-refractivity contribution in [2.45, 2.75) is 19.3 Å². The molecule has 4 heteroatoms. The zero-order valence-corrected chi connectivity index (χ0v) is 9.76. The Labute approximate surface area is 93.2 Å². The summed E-state index contributed by atoms with van der Waals surface area (Å²) >= 11 is 3.34. The second kappa shape index (κ2) is 6.79. The first-order valence-electron chi connectivity index (χ1n) is 4.88. The zero-order valence-electron chi connectivity index (χ0n) is 8.17. The van der Waals surface area contributed by atoms with Crippen molar-refractivity contribution in [3.05, 3.63) is 22.8 Å². The van der Waals surface area contributed by atoms with E-state index in [-0.39, 0.29) is 0 Å². The summed E-state index contributed by atoms with van der Waals surface area (Å²) in [5, 5.41) is 3.26. The van der Waals surface area contributed by atoms with Gasteiger partial charge >= 0.3 is 0 Å². The number of halogens is 1. The normalized spacial score (nSPS) is 10.1. The molecule has 0 fully saturated rings. The van der Waals surface area contributed by atoms with Crippen molar-refractivity contribution in [2.75, 3.05) is 18.4 Å². The molecule has 0 unspecified atom stereocenters. The number of anilines is 1. The fourth-order valence-corrected chi connectivity index (χ4v) is 1.38. The molecule has 0 amide bonds. The van der Waals surface area contributed by atoms with Crippen LogP contribution in [0.3, 0.4) is 0 Å². The highest BCUT2D eigenvalue weighted by Crippen LogP contribution is 2.10. The molecule has 3 N–H and O–H groups in total. The quantitative estimate of drug-likeness (QED) is 0.770. The molecule has 0 aliphatic rings. The Morgan fingerprint density at radius 3 is 2.79 bits per heavy atom. The summed E-state index contributed by atoms with van der Waals surface area (Å²) < 4.78 is 1.01. The van der Waals surface area contributed by atoms with Gasteiger partial charge in [-0.15, -0.1) is 0 Å². The van der Waals surface area contributed by atoms with Crippen LogP contribution < -0.4 is 11.1 Å². The van der Waals surface area contributed by atoms with Gasteiger partial charge in [0.15, 0.2) is 0 Å². The summed E-state index contributed by atoms with van der Waals surface area (Å²) in [7, 11) is 0. The Balaban J connectivity index is 2.15. The van der Waals surface area contributed by atoms with Gasteiger partial charge in [-0.1, -0.05) is 6.42 Å². The van der Waals surface area contributed by atoms with E-state index in [1.165, 1.54) is 6.42 Å². The highest BCUT2D eigenvalue weighted by Gasteiger charge is 1.92. The molecule has 1 rings (SSSR count). The minimum absolute atomic E-state index is 0.788. The Morgan fingerprint density at radius 1 is 1.29 bits per heavy atom. The van der Waals surface area contributed by atoms with Crippen molar-refractivity contribution in [1.82, 2.24) is 4.98 Å². The van der Waals surface area contributed by atoms with Gasteiger partial charge in [-0.05, 0) is 47.4 Å². The maximum atomic E-state index is 5.40. The standard InChI is InChI=1S/C10H16BrN3/c11-9-4-5-10(14-8-9)13-7-3-1-2-6-12/h4-5,8H,1-3,6-7,12H2,(H,13,14). The second-order valence-corrected chi connectivity index (χ2v) is 4.05. The second-order valence-electron chi connectivity index (χ2n) is 3.14. The molecule has 0 saturated carbocycles. The van der Waals surface area contributed by atoms with Gasteiger partial charge in [-0.2, -0.15) is 0 Å². The van der Waals surface area contributed by atoms with Gasteiger partial charge in [-0.3, -0.25) is 0 Å². The van der Waals surface area contributed by atoms with Gasteiger partial charge in [0, 0.05) is 17.2 Å². The van der Waals surface area contributed by atoms with Crippen molar-refractivity contribution >= 4 is 21.7 Å². The fourth-order valence-electron chi connectivity index (χ4n) is 1.14. The monoisotopic (exact) mass is 257 g/mol. The lowest BCUT2D eigenvalue weighted by Gasteiger charge is -2.04. The lowest BCUT2D eigenvalue weighted by Crippen LogP contribution is -2.04. The van der Waals surface area contributed by atoms with Crippen LogP contribution in [0.2, 0.25) is 0 Å². The van der Waals surface area contributed by atoms with Crippen LogP contribution in [0.25, 0.3) is 0 Å². The Hall–Kier alpha value is -0.610. The average Bonchev–Trinajstić information content (AvgIpc) is 2.21. The summed E-state index contributed by atoms with van der Waals surface area (Å²) in [6, 6.07) is 3.95. The predicted octanol–water partition coefficient (Wildman–Crippen LogP) is 2.39. The number of hydrogen-bond donors (Lipinski definition) is 2. The van der Waals surface area contributed by atoms with E-state index in [1.807, 2.05) is 12.1 Å². The third-order valence-corrected chi connectivity index (χ3v) is 2.38. The van der Waals surface area contributed by atoms with Crippen LogP contribution in [0.1, 0.15) is 19.3 Å². The van der Waals surface area contributed by atoms with E-state index < -0.39 is 0 Å². The third kappa shape index (κ3) is 4.58. The van der Waals surface area contributed by atoms with Crippen molar-refractivity contribution in [3.63, 3.8) is 0 Å². The molecule has 14 heavy (non-hydrogen) atoms. The number of rotatable bonds is 6. The summed E-state index contributed by atoms with van der Waals surface area (Å²) in [5.74, 6) is 0.931. The third-order valence-electron chi connectivity index (χ3n) is 1.91. The van der Waals surface area contributed by atoms with Crippen molar-refractivity contribution < 1.29 is 0 Å². The number of nitrogens with zero attached hydrogens (tertiary/aromatic N) is 1. The summed E-state index contributed by atoms with van der Waals surface area (Å²) in [4.78, 5) is 4.21. The molecule has 0 bridgehead atoms. The van der Waals surface area contributed by atoms with Crippen LogP contribution in [-0.4, -0.2) is 18.1 Å². The molecule has 0 aromatic carbocycles. The predicted molar refractivity (Wildman–Crippen MR) is 63.3 cm³/mol. The Morgan fingerprint density at radius 2 is 2.14 bits per heavy atom. The Kier molecular flexibility index (Phi) is 5.56. The SMILES string of the molecule is NCCCCCNc1ccc(Br)cn1. The first kappa shape index (κ1) is 11.5. The first-order chi connectivity index (χ1) is 6.83. The van der Waals surface area contributed by atoms with Crippen LogP contribution in [0.15, 0.2) is 22.8 Å². The van der Waals surface area contributed by atoms with Crippen LogP contribution in [0, 0.1) is 0 Å². The number of pyridine rings is 1. The van der Waals surface area contributed by atoms with E-state index in [1.54, 1.807) is 6.20 Å². The largest absolute Gasteiger partial charge is 0.370 e. The van der Waals surface area contributed by atoms with Crippen LogP contribution >= 0.6 is 15.9 Å². The molecular weight excluding hydrogens is 242 g/mol. The number of nitrogens with one attached hydrogen (secondary N) is 1. The first-order valence-corrected chi connectivity index (χ1v) is 5.67. The molecule has 0 radical (unpaired) electrons. The number of aromatic nitrogens is 1. The molecular formula is C10H16BrN3. The number of unbranched alkanes of at least 4 members (excludes halogenated alkanes) is 2. The smallest absolute Gasteiger partial charge is 0.125 e. The van der Waals surface area contributed by atoms with Gasteiger partial charge < -0.3 is 11.1 Å². The lowest BCUT2D eigenvalue weighted by molar-refractivity contribution is 0.706. The topological polar surface area (TPSA) is 50.9 Å². The minimum atomic E-state index is 0.788.